The molecule has 0 radical (unpaired) electrons. The van der Waals surface area contributed by atoms with Crippen molar-refractivity contribution in [1.82, 2.24) is 4.90 Å². The van der Waals surface area contributed by atoms with Crippen molar-refractivity contribution in [3.8, 4) is 0 Å². The second-order valence-corrected chi connectivity index (χ2v) is 5.85. The lowest BCUT2D eigenvalue weighted by atomic mass is 10.0. The van der Waals surface area contributed by atoms with E-state index in [1.54, 1.807) is 0 Å². The van der Waals surface area contributed by atoms with E-state index in [0.717, 1.165) is 19.5 Å². The Balaban J connectivity index is 2.06. The molecule has 0 saturated carbocycles. The zero-order valence-electron chi connectivity index (χ0n) is 10.6. The number of rotatable bonds is 4. The van der Waals surface area contributed by atoms with Gasteiger partial charge in [-0.2, -0.15) is 11.8 Å². The van der Waals surface area contributed by atoms with Crippen LogP contribution in [0.1, 0.15) is 18.1 Å². The Morgan fingerprint density at radius 2 is 2.12 bits per heavy atom. The maximum atomic E-state index is 5.67. The Morgan fingerprint density at radius 1 is 1.35 bits per heavy atom. The quantitative estimate of drug-likeness (QED) is 0.887. The highest BCUT2D eigenvalue weighted by atomic mass is 32.2. The zero-order chi connectivity index (χ0) is 12.1. The lowest BCUT2D eigenvalue weighted by molar-refractivity contribution is 0.223. The molecule has 2 rings (SSSR count). The molecule has 1 atom stereocenters. The fourth-order valence-corrected chi connectivity index (χ4v) is 3.41. The van der Waals surface area contributed by atoms with Gasteiger partial charge in [-0.15, -0.1) is 0 Å². The van der Waals surface area contributed by atoms with Crippen molar-refractivity contribution in [1.29, 1.82) is 0 Å². The van der Waals surface area contributed by atoms with Gasteiger partial charge in [0.15, 0.2) is 0 Å². The summed E-state index contributed by atoms with van der Waals surface area (Å²) in [7, 11) is 0. The van der Waals surface area contributed by atoms with Gasteiger partial charge in [-0.3, -0.25) is 4.90 Å². The van der Waals surface area contributed by atoms with Gasteiger partial charge in [0.1, 0.15) is 0 Å². The molecule has 0 aliphatic carbocycles. The van der Waals surface area contributed by atoms with E-state index in [4.69, 9.17) is 5.73 Å². The van der Waals surface area contributed by atoms with Crippen LogP contribution in [0.4, 0.5) is 0 Å². The number of thioether (sulfide) groups is 1. The van der Waals surface area contributed by atoms with E-state index >= 15 is 0 Å². The largest absolute Gasteiger partial charge is 0.330 e. The minimum atomic E-state index is 0.694. The summed E-state index contributed by atoms with van der Waals surface area (Å²) in [5.74, 6) is 2.53. The molecule has 0 spiro atoms. The number of hydrogen-bond acceptors (Lipinski definition) is 3. The Bertz CT molecular complexity index is 354. The van der Waals surface area contributed by atoms with Crippen LogP contribution in [0.2, 0.25) is 0 Å². The average Bonchev–Trinajstić information content (AvgIpc) is 2.35. The minimum absolute atomic E-state index is 0.694. The third-order valence-corrected chi connectivity index (χ3v) is 4.60. The Morgan fingerprint density at radius 3 is 2.82 bits per heavy atom. The van der Waals surface area contributed by atoms with Crippen molar-refractivity contribution in [2.45, 2.75) is 25.9 Å². The van der Waals surface area contributed by atoms with Gasteiger partial charge >= 0.3 is 0 Å². The van der Waals surface area contributed by atoms with Gasteiger partial charge in [0.2, 0.25) is 0 Å². The molecule has 2 N–H and O–H groups in total. The van der Waals surface area contributed by atoms with E-state index in [2.05, 4.69) is 47.9 Å². The zero-order valence-corrected chi connectivity index (χ0v) is 11.4. The molecule has 3 heteroatoms. The minimum Gasteiger partial charge on any atom is -0.330 e. The summed E-state index contributed by atoms with van der Waals surface area (Å²) in [5, 5.41) is 0. The monoisotopic (exact) mass is 250 g/mol. The van der Waals surface area contributed by atoms with Crippen LogP contribution in [0, 0.1) is 0 Å². The molecule has 1 saturated heterocycles. The van der Waals surface area contributed by atoms with Crippen molar-refractivity contribution in [2.24, 2.45) is 5.73 Å². The predicted molar refractivity (Wildman–Crippen MR) is 76.4 cm³/mol. The highest BCUT2D eigenvalue weighted by Crippen LogP contribution is 2.20. The molecule has 1 aliphatic rings. The van der Waals surface area contributed by atoms with E-state index in [9.17, 15) is 0 Å². The first-order valence-electron chi connectivity index (χ1n) is 6.40. The molecule has 17 heavy (non-hydrogen) atoms. The topological polar surface area (TPSA) is 29.3 Å². The maximum Gasteiger partial charge on any atom is 0.0239 e. The van der Waals surface area contributed by atoms with Gasteiger partial charge in [-0.05, 0) is 31.0 Å². The SMILES string of the molecule is CC1CSCCN1Cc1ccccc1CCN. The Kier molecular flexibility index (Phi) is 4.89. The first-order valence-corrected chi connectivity index (χ1v) is 7.55. The lowest BCUT2D eigenvalue weighted by Gasteiger charge is -2.33. The molecule has 1 fully saturated rings. The van der Waals surface area contributed by atoms with E-state index in [0.29, 0.717) is 6.04 Å². The molecular formula is C14H22N2S. The predicted octanol–water partition coefficient (Wildman–Crippen LogP) is 2.13. The molecule has 1 aliphatic heterocycles. The van der Waals surface area contributed by atoms with Gasteiger partial charge in [0.05, 0.1) is 0 Å². The van der Waals surface area contributed by atoms with Gasteiger partial charge in [-0.25, -0.2) is 0 Å². The fraction of sp³-hybridized carbons (Fsp3) is 0.571. The molecule has 2 nitrogen and oxygen atoms in total. The van der Waals surface area contributed by atoms with E-state index in [1.165, 1.54) is 29.2 Å². The van der Waals surface area contributed by atoms with Gasteiger partial charge < -0.3 is 5.73 Å². The molecule has 0 amide bonds. The van der Waals surface area contributed by atoms with Gasteiger partial charge in [-0.1, -0.05) is 24.3 Å². The van der Waals surface area contributed by atoms with Crippen LogP contribution in [-0.2, 0) is 13.0 Å². The molecule has 1 heterocycles. The van der Waals surface area contributed by atoms with Crippen LogP contribution in [-0.4, -0.2) is 35.5 Å². The number of benzene rings is 1. The van der Waals surface area contributed by atoms with Crippen LogP contribution in [0.25, 0.3) is 0 Å². The molecule has 94 valence electrons. The molecule has 1 aromatic carbocycles. The Labute approximate surface area is 109 Å². The summed E-state index contributed by atoms with van der Waals surface area (Å²) in [4.78, 5) is 2.59. The molecule has 1 aromatic rings. The first kappa shape index (κ1) is 12.9. The first-order chi connectivity index (χ1) is 8.31. The number of nitrogens with two attached hydrogens (primary N) is 1. The van der Waals surface area contributed by atoms with Crippen LogP contribution >= 0.6 is 11.8 Å². The van der Waals surface area contributed by atoms with Crippen molar-refractivity contribution in [2.75, 3.05) is 24.6 Å². The highest BCUT2D eigenvalue weighted by Gasteiger charge is 2.19. The van der Waals surface area contributed by atoms with E-state index in [1.807, 2.05) is 0 Å². The van der Waals surface area contributed by atoms with Crippen molar-refractivity contribution in [3.63, 3.8) is 0 Å². The summed E-state index contributed by atoms with van der Waals surface area (Å²) in [6.07, 6.45) is 0.993. The second-order valence-electron chi connectivity index (χ2n) is 4.70. The summed E-state index contributed by atoms with van der Waals surface area (Å²) in [6, 6.07) is 9.41. The van der Waals surface area contributed by atoms with Gasteiger partial charge in [0.25, 0.3) is 0 Å². The number of nitrogens with zero attached hydrogens (tertiary/aromatic N) is 1. The Hall–Kier alpha value is -0.510. The average molecular weight is 250 g/mol. The second kappa shape index (κ2) is 6.43. The van der Waals surface area contributed by atoms with Crippen molar-refractivity contribution < 1.29 is 0 Å². The number of hydrogen-bond donors (Lipinski definition) is 1. The van der Waals surface area contributed by atoms with Gasteiger partial charge in [0, 0.05) is 30.6 Å². The van der Waals surface area contributed by atoms with Crippen molar-refractivity contribution >= 4 is 11.8 Å². The maximum absolute atomic E-state index is 5.67. The summed E-state index contributed by atoms with van der Waals surface area (Å²) < 4.78 is 0. The highest BCUT2D eigenvalue weighted by molar-refractivity contribution is 7.99. The van der Waals surface area contributed by atoms with Crippen LogP contribution in [0.15, 0.2) is 24.3 Å². The van der Waals surface area contributed by atoms with Crippen LogP contribution in [0.3, 0.4) is 0 Å². The summed E-state index contributed by atoms with van der Waals surface area (Å²) in [6.45, 7) is 5.36. The fourth-order valence-electron chi connectivity index (χ4n) is 2.33. The molecule has 0 bridgehead atoms. The van der Waals surface area contributed by atoms with Crippen LogP contribution < -0.4 is 5.73 Å². The van der Waals surface area contributed by atoms with E-state index in [-0.39, 0.29) is 0 Å². The van der Waals surface area contributed by atoms with Crippen molar-refractivity contribution in [3.05, 3.63) is 35.4 Å². The molecule has 0 aromatic heterocycles. The third kappa shape index (κ3) is 3.47. The van der Waals surface area contributed by atoms with E-state index < -0.39 is 0 Å². The molecule has 1 unspecified atom stereocenters. The third-order valence-electron chi connectivity index (χ3n) is 3.41. The normalized spacial score (nSPS) is 21.6. The summed E-state index contributed by atoms with van der Waals surface area (Å²) >= 11 is 2.07. The standard InChI is InChI=1S/C14H22N2S/c1-12-11-17-9-8-16(12)10-14-5-3-2-4-13(14)6-7-15/h2-5,12H,6-11,15H2,1H3. The smallest absolute Gasteiger partial charge is 0.0239 e. The lowest BCUT2D eigenvalue weighted by Crippen LogP contribution is -2.39. The summed E-state index contributed by atoms with van der Waals surface area (Å²) in [5.41, 5.74) is 8.55. The molecular weight excluding hydrogens is 228 g/mol. The van der Waals surface area contributed by atoms with Crippen LogP contribution in [0.5, 0.6) is 0 Å².